The molecule has 0 radical (unpaired) electrons. The van der Waals surface area contributed by atoms with Crippen LogP contribution in [0.5, 0.6) is 5.75 Å². The van der Waals surface area contributed by atoms with E-state index in [4.69, 9.17) is 4.74 Å². The summed E-state index contributed by atoms with van der Waals surface area (Å²) in [5, 5.41) is 3.03. The van der Waals surface area contributed by atoms with Crippen LogP contribution in [0.25, 0.3) is 0 Å². The van der Waals surface area contributed by atoms with Gasteiger partial charge in [-0.2, -0.15) is 0 Å². The van der Waals surface area contributed by atoms with E-state index in [2.05, 4.69) is 5.32 Å². The van der Waals surface area contributed by atoms with Gasteiger partial charge >= 0.3 is 0 Å². The van der Waals surface area contributed by atoms with Crippen LogP contribution in [0.2, 0.25) is 0 Å². The first-order chi connectivity index (χ1) is 17.8. The number of fused-ring (bicyclic) bond motifs is 2. The van der Waals surface area contributed by atoms with Gasteiger partial charge in [-0.05, 0) is 38.0 Å². The molecule has 9 heteroatoms. The Hall–Kier alpha value is -3.88. The maximum absolute atomic E-state index is 13.5. The van der Waals surface area contributed by atoms with Crippen molar-refractivity contribution in [1.82, 2.24) is 20.0 Å². The second kappa shape index (κ2) is 9.88. The normalized spacial score (nSPS) is 23.0. The molecule has 3 heterocycles. The van der Waals surface area contributed by atoms with E-state index >= 15 is 0 Å². The maximum atomic E-state index is 13.5. The van der Waals surface area contributed by atoms with E-state index < -0.39 is 12.2 Å². The molecule has 3 atom stereocenters. The molecule has 37 heavy (non-hydrogen) atoms. The Morgan fingerprint density at radius 3 is 2.62 bits per heavy atom. The minimum atomic E-state index is -0.634. The van der Waals surface area contributed by atoms with Crippen molar-refractivity contribution in [1.29, 1.82) is 0 Å². The van der Waals surface area contributed by atoms with Gasteiger partial charge in [-0.15, -0.1) is 0 Å². The molecular formula is C28H32N4O5. The molecule has 0 aliphatic carbocycles. The number of rotatable bonds is 5. The molecule has 1 N–H and O–H groups in total. The van der Waals surface area contributed by atoms with Crippen LogP contribution in [0.3, 0.4) is 0 Å². The van der Waals surface area contributed by atoms with Crippen LogP contribution in [0, 0.1) is 13.8 Å². The average molecular weight is 505 g/mol. The van der Waals surface area contributed by atoms with Gasteiger partial charge in [0.1, 0.15) is 18.0 Å². The van der Waals surface area contributed by atoms with Crippen LogP contribution in [-0.4, -0.2) is 83.3 Å². The monoisotopic (exact) mass is 504 g/mol. The molecule has 0 bridgehead atoms. The van der Waals surface area contributed by atoms with Crippen molar-refractivity contribution in [2.45, 2.75) is 51.4 Å². The molecule has 3 unspecified atom stereocenters. The fourth-order valence-electron chi connectivity index (χ4n) is 5.72. The summed E-state index contributed by atoms with van der Waals surface area (Å²) < 4.78 is 5.37. The number of carbonyl (C=O) groups excluding carboxylic acids is 4. The van der Waals surface area contributed by atoms with Crippen molar-refractivity contribution in [2.24, 2.45) is 0 Å². The molecule has 3 aliphatic heterocycles. The van der Waals surface area contributed by atoms with Crippen LogP contribution in [0.15, 0.2) is 42.5 Å². The predicted molar refractivity (Wildman–Crippen MR) is 136 cm³/mol. The number of carbonyl (C=O) groups is 4. The number of hydrogen-bond acceptors (Lipinski definition) is 5. The van der Waals surface area contributed by atoms with Crippen molar-refractivity contribution in [3.8, 4) is 5.75 Å². The van der Waals surface area contributed by atoms with E-state index in [0.29, 0.717) is 30.8 Å². The molecule has 2 aromatic rings. The van der Waals surface area contributed by atoms with Gasteiger partial charge in [0.2, 0.25) is 17.7 Å². The Morgan fingerprint density at radius 2 is 1.84 bits per heavy atom. The van der Waals surface area contributed by atoms with Crippen LogP contribution in [0.1, 0.15) is 39.9 Å². The molecule has 0 saturated carbocycles. The van der Waals surface area contributed by atoms with Gasteiger partial charge < -0.3 is 24.8 Å². The van der Waals surface area contributed by atoms with Crippen molar-refractivity contribution in [3.63, 3.8) is 0 Å². The highest BCUT2D eigenvalue weighted by Gasteiger charge is 2.50. The van der Waals surface area contributed by atoms with Gasteiger partial charge in [-0.25, -0.2) is 0 Å². The average Bonchev–Trinajstić information content (AvgIpc) is 3.48. The maximum Gasteiger partial charge on any atom is 0.251 e. The number of para-hydroxylation sites is 1. The molecule has 3 aliphatic rings. The highest BCUT2D eigenvalue weighted by atomic mass is 16.5. The lowest BCUT2D eigenvalue weighted by atomic mass is 10.0. The minimum Gasteiger partial charge on any atom is -0.496 e. The molecule has 194 valence electrons. The van der Waals surface area contributed by atoms with E-state index in [1.807, 2.05) is 56.3 Å². The summed E-state index contributed by atoms with van der Waals surface area (Å²) in [5.41, 5.74) is 3.23. The first kappa shape index (κ1) is 24.8. The number of amides is 4. The molecule has 0 spiro atoms. The summed E-state index contributed by atoms with van der Waals surface area (Å²) in [6, 6.07) is 12.1. The van der Waals surface area contributed by atoms with Crippen LogP contribution in [-0.2, 0) is 20.8 Å². The third kappa shape index (κ3) is 4.65. The van der Waals surface area contributed by atoms with Crippen molar-refractivity contribution in [2.75, 3.05) is 26.7 Å². The third-order valence-corrected chi connectivity index (χ3v) is 7.68. The predicted octanol–water partition coefficient (Wildman–Crippen LogP) is 1.65. The summed E-state index contributed by atoms with van der Waals surface area (Å²) in [7, 11) is 1.56. The fraction of sp³-hybridized carbons (Fsp3) is 0.429. The largest absolute Gasteiger partial charge is 0.496 e. The van der Waals surface area contributed by atoms with Gasteiger partial charge in [-0.3, -0.25) is 19.2 Å². The quantitative estimate of drug-likeness (QED) is 0.668. The van der Waals surface area contributed by atoms with Crippen LogP contribution in [0.4, 0.5) is 0 Å². The number of nitrogens with one attached hydrogen (secondary N) is 1. The number of hydrogen-bond donors (Lipinski definition) is 1. The molecular weight excluding hydrogens is 472 g/mol. The summed E-state index contributed by atoms with van der Waals surface area (Å²) in [6.07, 6.45) is -0.0381. The van der Waals surface area contributed by atoms with Crippen LogP contribution < -0.4 is 10.1 Å². The topological polar surface area (TPSA) is 99.3 Å². The van der Waals surface area contributed by atoms with Gasteiger partial charge in [0, 0.05) is 36.8 Å². The molecule has 9 nitrogen and oxygen atoms in total. The van der Waals surface area contributed by atoms with E-state index in [9.17, 15) is 19.2 Å². The summed E-state index contributed by atoms with van der Waals surface area (Å²) in [4.78, 5) is 57.9. The molecule has 0 aromatic heterocycles. The minimum absolute atomic E-state index is 0.0531. The Labute approximate surface area is 216 Å². The van der Waals surface area contributed by atoms with E-state index in [1.165, 1.54) is 0 Å². The highest BCUT2D eigenvalue weighted by Crippen LogP contribution is 2.31. The fourth-order valence-corrected chi connectivity index (χ4v) is 5.72. The Bertz CT molecular complexity index is 1260. The summed E-state index contributed by atoms with van der Waals surface area (Å²) in [5.74, 6) is -0.0398. The molecule has 4 amide bonds. The number of aryl methyl sites for hydroxylation is 2. The third-order valence-electron chi connectivity index (χ3n) is 7.68. The summed E-state index contributed by atoms with van der Waals surface area (Å²) in [6.45, 7) is 4.87. The molecule has 5 rings (SSSR count). The standard InChI is InChI=1S/C28H32N4O5/c1-17-8-9-18(2)21(12-17)27(35)29-20-14-22-28(36)31-11-10-30(24(31)15-26(34)32(22)16-20)25(33)13-19-6-4-5-7-23(19)37-3/h4-9,12,20,22,24H,10-11,13-16H2,1-3H3,(H,29,35). The molecule has 3 fully saturated rings. The van der Waals surface area contributed by atoms with Gasteiger partial charge in [-0.1, -0.05) is 35.9 Å². The van der Waals surface area contributed by atoms with Crippen molar-refractivity contribution in [3.05, 3.63) is 64.7 Å². The van der Waals surface area contributed by atoms with E-state index in [0.717, 1.165) is 16.7 Å². The number of benzene rings is 2. The lowest BCUT2D eigenvalue weighted by molar-refractivity contribution is -0.140. The number of nitrogens with zero attached hydrogens (tertiary/aromatic N) is 3. The van der Waals surface area contributed by atoms with Crippen molar-refractivity contribution < 1.29 is 23.9 Å². The van der Waals surface area contributed by atoms with Crippen LogP contribution >= 0.6 is 0 Å². The Morgan fingerprint density at radius 1 is 1.05 bits per heavy atom. The number of ether oxygens (including phenoxy) is 1. The summed E-state index contributed by atoms with van der Waals surface area (Å²) >= 11 is 0. The second-order valence-electron chi connectivity index (χ2n) is 10.1. The molecule has 3 saturated heterocycles. The van der Waals surface area contributed by atoms with Gasteiger partial charge in [0.05, 0.1) is 20.0 Å². The smallest absolute Gasteiger partial charge is 0.251 e. The lowest BCUT2D eigenvalue weighted by Gasteiger charge is -2.28. The zero-order valence-corrected chi connectivity index (χ0v) is 21.4. The Balaban J connectivity index is 1.28. The SMILES string of the molecule is COc1ccccc1CC(=O)N1CCN2C(=O)C3CC(NC(=O)c4cc(C)ccc4C)CN3C(=O)CC12. The van der Waals surface area contributed by atoms with Gasteiger partial charge in [0.15, 0.2) is 0 Å². The number of methoxy groups -OCH3 is 1. The zero-order chi connectivity index (χ0) is 26.3. The lowest BCUT2D eigenvalue weighted by Crippen LogP contribution is -2.47. The molecule has 2 aromatic carbocycles. The van der Waals surface area contributed by atoms with E-state index in [1.54, 1.807) is 21.8 Å². The first-order valence-electron chi connectivity index (χ1n) is 12.7. The van der Waals surface area contributed by atoms with E-state index in [-0.39, 0.29) is 49.1 Å². The Kier molecular flexibility index (Phi) is 6.62. The second-order valence-corrected chi connectivity index (χ2v) is 10.1. The first-order valence-corrected chi connectivity index (χ1v) is 12.7. The van der Waals surface area contributed by atoms with Gasteiger partial charge in [0.25, 0.3) is 5.91 Å². The van der Waals surface area contributed by atoms with Crippen molar-refractivity contribution >= 4 is 23.6 Å². The zero-order valence-electron chi connectivity index (χ0n) is 21.4. The highest BCUT2D eigenvalue weighted by molar-refractivity contribution is 5.97.